The van der Waals surface area contributed by atoms with E-state index in [4.69, 9.17) is 4.42 Å². The zero-order valence-corrected chi connectivity index (χ0v) is 13.1. The largest absolute Gasteiger partial charge is 0.423 e. The summed E-state index contributed by atoms with van der Waals surface area (Å²) in [4.78, 5) is 15.0. The Morgan fingerprint density at radius 3 is 2.52 bits per heavy atom. The number of nitrogens with one attached hydrogen (secondary N) is 2. The number of likely N-dealkylation sites (N-methyl/N-ethyl adjacent to an activating group) is 1. The highest BCUT2D eigenvalue weighted by Gasteiger charge is 2.21. The molecular formula is C17H24N2O2+2. The van der Waals surface area contributed by atoms with Crippen LogP contribution < -0.4 is 15.4 Å². The Morgan fingerprint density at radius 1 is 1.10 bits per heavy atom. The molecule has 1 aliphatic rings. The maximum absolute atomic E-state index is 11.8. The monoisotopic (exact) mass is 288 g/mol. The second kappa shape index (κ2) is 5.62. The summed E-state index contributed by atoms with van der Waals surface area (Å²) in [7, 11) is 2.25. The van der Waals surface area contributed by atoms with E-state index in [1.165, 1.54) is 31.7 Å². The second-order valence-electron chi connectivity index (χ2n) is 6.43. The van der Waals surface area contributed by atoms with Crippen LogP contribution in [0.25, 0.3) is 11.0 Å². The Balaban J connectivity index is 1.99. The number of piperazine rings is 1. The number of hydrogen-bond acceptors (Lipinski definition) is 2. The minimum atomic E-state index is -0.235. The van der Waals surface area contributed by atoms with Crippen molar-refractivity contribution in [3.05, 3.63) is 45.3 Å². The van der Waals surface area contributed by atoms with Gasteiger partial charge in [0.15, 0.2) is 0 Å². The Labute approximate surface area is 125 Å². The van der Waals surface area contributed by atoms with Gasteiger partial charge < -0.3 is 14.2 Å². The Hall–Kier alpha value is -1.65. The molecule has 1 aromatic carbocycles. The summed E-state index contributed by atoms with van der Waals surface area (Å²) in [5, 5.41) is 1.12. The SMILES string of the molecule is Cc1cc(C)c2c(C[NH+]3CC[NH+](C)CC3)cc(=O)oc2c1. The van der Waals surface area contributed by atoms with E-state index in [9.17, 15) is 4.79 Å². The lowest BCUT2D eigenvalue weighted by Crippen LogP contribution is -3.26. The lowest BCUT2D eigenvalue weighted by Gasteiger charge is -2.27. The van der Waals surface area contributed by atoms with Crippen LogP contribution in [0.4, 0.5) is 0 Å². The number of rotatable bonds is 2. The fraction of sp³-hybridized carbons (Fsp3) is 0.471. The average molecular weight is 288 g/mol. The van der Waals surface area contributed by atoms with Crippen molar-refractivity contribution in [1.29, 1.82) is 0 Å². The van der Waals surface area contributed by atoms with Gasteiger partial charge in [0.1, 0.15) is 38.3 Å². The molecule has 4 nitrogen and oxygen atoms in total. The van der Waals surface area contributed by atoms with Crippen molar-refractivity contribution < 1.29 is 14.2 Å². The topological polar surface area (TPSA) is 39.1 Å². The minimum absolute atomic E-state index is 0.235. The van der Waals surface area contributed by atoms with Crippen LogP contribution in [0.2, 0.25) is 0 Å². The van der Waals surface area contributed by atoms with Crippen LogP contribution in [0.3, 0.4) is 0 Å². The molecule has 1 saturated heterocycles. The first-order valence-electron chi connectivity index (χ1n) is 7.72. The Kier molecular flexibility index (Phi) is 3.83. The molecule has 0 radical (unpaired) electrons. The van der Waals surface area contributed by atoms with Crippen molar-refractivity contribution in [1.82, 2.24) is 0 Å². The van der Waals surface area contributed by atoms with Crippen molar-refractivity contribution >= 4 is 11.0 Å². The zero-order chi connectivity index (χ0) is 15.0. The predicted molar refractivity (Wildman–Crippen MR) is 83.0 cm³/mol. The lowest BCUT2D eigenvalue weighted by atomic mass is 10.0. The summed E-state index contributed by atoms with van der Waals surface area (Å²) in [5.41, 5.74) is 3.96. The smallest absolute Gasteiger partial charge is 0.336 e. The van der Waals surface area contributed by atoms with E-state index in [1.807, 2.05) is 13.0 Å². The molecule has 1 fully saturated rings. The van der Waals surface area contributed by atoms with E-state index < -0.39 is 0 Å². The number of benzene rings is 1. The van der Waals surface area contributed by atoms with Crippen LogP contribution >= 0.6 is 0 Å². The molecule has 0 atom stereocenters. The average Bonchev–Trinajstić information content (AvgIpc) is 2.40. The summed E-state index contributed by atoms with van der Waals surface area (Å²) in [5.74, 6) is 0. The predicted octanol–water partition coefficient (Wildman–Crippen LogP) is -0.677. The van der Waals surface area contributed by atoms with Gasteiger partial charge in [0.2, 0.25) is 0 Å². The van der Waals surface area contributed by atoms with E-state index in [1.54, 1.807) is 15.9 Å². The van der Waals surface area contributed by atoms with Crippen molar-refractivity contribution in [3.63, 3.8) is 0 Å². The summed E-state index contributed by atoms with van der Waals surface area (Å²) in [6, 6.07) is 5.81. The third-order valence-corrected chi connectivity index (χ3v) is 4.52. The quantitative estimate of drug-likeness (QED) is 0.719. The summed E-state index contributed by atoms with van der Waals surface area (Å²) in [6.45, 7) is 9.78. The van der Waals surface area contributed by atoms with Gasteiger partial charge in [0.05, 0.1) is 7.05 Å². The maximum atomic E-state index is 11.8. The van der Waals surface area contributed by atoms with Crippen molar-refractivity contribution in [2.75, 3.05) is 33.2 Å². The van der Waals surface area contributed by atoms with E-state index in [0.29, 0.717) is 0 Å². The Morgan fingerprint density at radius 2 is 1.81 bits per heavy atom. The molecule has 0 aliphatic carbocycles. The van der Waals surface area contributed by atoms with E-state index in [2.05, 4.69) is 20.0 Å². The normalized spacial score (nSPS) is 22.6. The number of quaternary nitrogens is 2. The molecule has 0 spiro atoms. The van der Waals surface area contributed by atoms with Gasteiger partial charge in [-0.15, -0.1) is 0 Å². The van der Waals surface area contributed by atoms with Gasteiger partial charge in [-0.05, 0) is 31.0 Å². The first-order valence-corrected chi connectivity index (χ1v) is 7.72. The fourth-order valence-electron chi connectivity index (χ4n) is 3.39. The molecule has 21 heavy (non-hydrogen) atoms. The van der Waals surface area contributed by atoms with Crippen LogP contribution in [0.5, 0.6) is 0 Å². The number of hydrogen-bond donors (Lipinski definition) is 2. The molecule has 2 heterocycles. The molecule has 3 rings (SSSR count). The minimum Gasteiger partial charge on any atom is -0.423 e. The van der Waals surface area contributed by atoms with Gasteiger partial charge in [-0.2, -0.15) is 0 Å². The standard InChI is InChI=1S/C17H22N2O2/c1-12-8-13(2)17-14(10-16(20)21-15(17)9-12)11-19-6-4-18(3)5-7-19/h8-10H,4-7,11H2,1-3H3/p+2. The highest BCUT2D eigenvalue weighted by Crippen LogP contribution is 2.22. The van der Waals surface area contributed by atoms with Crippen LogP contribution in [0.15, 0.2) is 27.4 Å². The van der Waals surface area contributed by atoms with Crippen LogP contribution in [-0.2, 0) is 6.54 Å². The molecule has 1 aliphatic heterocycles. The third-order valence-electron chi connectivity index (χ3n) is 4.52. The molecule has 2 N–H and O–H groups in total. The van der Waals surface area contributed by atoms with Gasteiger partial charge in [0.25, 0.3) is 0 Å². The molecule has 0 bridgehead atoms. The first kappa shape index (κ1) is 14.3. The van der Waals surface area contributed by atoms with Gasteiger partial charge in [0, 0.05) is 17.0 Å². The number of aryl methyl sites for hydroxylation is 2. The summed E-state index contributed by atoms with van der Waals surface area (Å²) >= 11 is 0. The first-order chi connectivity index (χ1) is 10.0. The molecule has 1 aromatic heterocycles. The zero-order valence-electron chi connectivity index (χ0n) is 13.1. The van der Waals surface area contributed by atoms with Gasteiger partial charge in [-0.1, -0.05) is 6.07 Å². The molecular weight excluding hydrogens is 264 g/mol. The molecule has 0 saturated carbocycles. The van der Waals surface area contributed by atoms with Crippen LogP contribution in [0.1, 0.15) is 16.7 Å². The molecule has 0 unspecified atom stereocenters. The highest BCUT2D eigenvalue weighted by molar-refractivity contribution is 5.84. The third kappa shape index (κ3) is 3.01. The van der Waals surface area contributed by atoms with Gasteiger partial charge >= 0.3 is 5.63 Å². The summed E-state index contributed by atoms with van der Waals surface area (Å²) in [6.07, 6.45) is 0. The van der Waals surface area contributed by atoms with Gasteiger partial charge in [-0.25, -0.2) is 4.79 Å². The van der Waals surface area contributed by atoms with Crippen LogP contribution in [0, 0.1) is 13.8 Å². The van der Waals surface area contributed by atoms with Gasteiger partial charge in [-0.3, -0.25) is 0 Å². The van der Waals surface area contributed by atoms with E-state index in [-0.39, 0.29) is 5.63 Å². The van der Waals surface area contributed by atoms with Crippen molar-refractivity contribution in [2.45, 2.75) is 20.4 Å². The summed E-state index contributed by atoms with van der Waals surface area (Å²) < 4.78 is 5.40. The van der Waals surface area contributed by atoms with E-state index in [0.717, 1.165) is 28.6 Å². The fourth-order valence-corrected chi connectivity index (χ4v) is 3.39. The maximum Gasteiger partial charge on any atom is 0.336 e. The molecule has 2 aromatic rings. The molecule has 4 heteroatoms. The van der Waals surface area contributed by atoms with Crippen molar-refractivity contribution in [3.8, 4) is 0 Å². The lowest BCUT2D eigenvalue weighted by molar-refractivity contribution is -1.01. The number of fused-ring (bicyclic) bond motifs is 1. The molecule has 0 amide bonds. The highest BCUT2D eigenvalue weighted by atomic mass is 16.4. The Bertz CT molecular complexity index is 713. The van der Waals surface area contributed by atoms with Crippen molar-refractivity contribution in [2.24, 2.45) is 0 Å². The van der Waals surface area contributed by atoms with E-state index >= 15 is 0 Å². The second-order valence-corrected chi connectivity index (χ2v) is 6.43. The molecule has 112 valence electrons. The van der Waals surface area contributed by atoms with Crippen LogP contribution in [-0.4, -0.2) is 33.2 Å².